The Hall–Kier alpha value is -2.34. The Morgan fingerprint density at radius 1 is 0.400 bits per heavy atom. The lowest BCUT2D eigenvalue weighted by Gasteiger charge is -2.03. The first kappa shape index (κ1) is 24.9. The summed E-state index contributed by atoms with van der Waals surface area (Å²) in [6.45, 7) is 8.46. The molecule has 0 saturated heterocycles. The summed E-state index contributed by atoms with van der Waals surface area (Å²) >= 11 is 0. The van der Waals surface area contributed by atoms with Gasteiger partial charge in [-0.1, -0.05) is 117 Å². The van der Waals surface area contributed by atoms with E-state index in [4.69, 9.17) is 0 Å². The molecule has 0 heteroatoms. The second kappa shape index (κ2) is 12.1. The van der Waals surface area contributed by atoms with Gasteiger partial charge in [-0.25, -0.2) is 0 Å². The van der Waals surface area contributed by atoms with Gasteiger partial charge in [0, 0.05) is 0 Å². The highest BCUT2D eigenvalue weighted by atomic mass is 14.0. The molecular formula is C25H36. The zero-order valence-electron chi connectivity index (χ0n) is 13.9. The summed E-state index contributed by atoms with van der Waals surface area (Å²) < 4.78 is 0. The van der Waals surface area contributed by atoms with Crippen LogP contribution in [0.15, 0.2) is 72.8 Å². The molecule has 3 aromatic rings. The normalized spacial score (nSPS) is 8.64. The molecule has 0 spiro atoms. The highest BCUT2D eigenvalue weighted by Crippen LogP contribution is 2.20. The summed E-state index contributed by atoms with van der Waals surface area (Å²) in [4.78, 5) is 0. The van der Waals surface area contributed by atoms with Crippen molar-refractivity contribution in [2.75, 3.05) is 0 Å². The fourth-order valence-corrected chi connectivity index (χ4v) is 2.46. The first-order chi connectivity index (χ1) is 10.5. The first-order valence-electron chi connectivity index (χ1n) is 7.71. The van der Waals surface area contributed by atoms with Gasteiger partial charge in [0.15, 0.2) is 0 Å². The third kappa shape index (κ3) is 8.35. The van der Waals surface area contributed by atoms with Crippen LogP contribution in [0.25, 0.3) is 11.1 Å². The fourth-order valence-electron chi connectivity index (χ4n) is 2.46. The summed E-state index contributed by atoms with van der Waals surface area (Å²) in [6, 6.07) is 25.6. The molecule has 0 nitrogen and oxygen atoms in total. The average Bonchev–Trinajstić information content (AvgIpc) is 2.48. The van der Waals surface area contributed by atoms with E-state index in [1.165, 1.54) is 33.4 Å². The van der Waals surface area contributed by atoms with Crippen molar-refractivity contribution in [2.24, 2.45) is 0 Å². The summed E-state index contributed by atoms with van der Waals surface area (Å²) in [5.74, 6) is 0. The molecule has 0 bridgehead atoms. The van der Waals surface area contributed by atoms with Gasteiger partial charge in [-0.15, -0.1) is 0 Å². The van der Waals surface area contributed by atoms with Gasteiger partial charge in [0.2, 0.25) is 0 Å². The van der Waals surface area contributed by atoms with Crippen LogP contribution >= 0.6 is 0 Å². The predicted octanol–water partition coefficient (Wildman–Crippen LogP) is 8.18. The molecule has 0 aromatic heterocycles. The summed E-state index contributed by atoms with van der Waals surface area (Å²) in [5, 5.41) is 0. The Bertz CT molecular complexity index is 678. The van der Waals surface area contributed by atoms with Gasteiger partial charge in [0.25, 0.3) is 0 Å². The summed E-state index contributed by atoms with van der Waals surface area (Å²) in [7, 11) is 0. The zero-order valence-corrected chi connectivity index (χ0v) is 13.9. The van der Waals surface area contributed by atoms with E-state index in [0.717, 1.165) is 0 Å². The van der Waals surface area contributed by atoms with Crippen molar-refractivity contribution in [3.8, 4) is 11.1 Å². The number of hydrogen-bond acceptors (Lipinski definition) is 0. The lowest BCUT2D eigenvalue weighted by molar-refractivity contribution is 1.39. The van der Waals surface area contributed by atoms with Crippen molar-refractivity contribution < 1.29 is 0 Å². The van der Waals surface area contributed by atoms with E-state index in [-0.39, 0.29) is 22.3 Å². The predicted molar refractivity (Wildman–Crippen MR) is 117 cm³/mol. The average molecular weight is 337 g/mol. The van der Waals surface area contributed by atoms with Crippen LogP contribution in [0.5, 0.6) is 0 Å². The molecule has 0 aliphatic heterocycles. The van der Waals surface area contributed by atoms with E-state index in [1.807, 2.05) is 0 Å². The molecule has 0 atom stereocenters. The van der Waals surface area contributed by atoms with Crippen LogP contribution in [-0.2, 0) is 0 Å². The maximum atomic E-state index is 2.22. The van der Waals surface area contributed by atoms with Crippen molar-refractivity contribution in [2.45, 2.75) is 50.0 Å². The van der Waals surface area contributed by atoms with E-state index < -0.39 is 0 Å². The Kier molecular flexibility index (Phi) is 12.0. The fraction of sp³-hybridized carbons (Fsp3) is 0.280. The van der Waals surface area contributed by atoms with Crippen LogP contribution in [-0.4, -0.2) is 0 Å². The molecule has 25 heavy (non-hydrogen) atoms. The van der Waals surface area contributed by atoms with Crippen LogP contribution in [0.4, 0.5) is 0 Å². The van der Waals surface area contributed by atoms with Crippen LogP contribution in [0.2, 0.25) is 0 Å². The summed E-state index contributed by atoms with van der Waals surface area (Å²) in [5.41, 5.74) is 7.89. The highest BCUT2D eigenvalue weighted by Gasteiger charge is 1.96. The van der Waals surface area contributed by atoms with Crippen LogP contribution < -0.4 is 0 Å². The maximum Gasteiger partial charge on any atom is -0.0181 e. The zero-order chi connectivity index (χ0) is 15.9. The molecule has 0 N–H and O–H groups in total. The van der Waals surface area contributed by atoms with Gasteiger partial charge in [-0.2, -0.15) is 0 Å². The Morgan fingerprint density at radius 3 is 0.920 bits per heavy atom. The van der Waals surface area contributed by atoms with Gasteiger partial charge in [0.05, 0.1) is 0 Å². The Balaban J connectivity index is 0. The second-order valence-electron chi connectivity index (χ2n) is 5.90. The lowest BCUT2D eigenvalue weighted by atomic mass is 10.0. The van der Waals surface area contributed by atoms with Crippen LogP contribution in [0.3, 0.4) is 0 Å². The SMILES string of the molecule is C.C.C.Cc1cccc(-c2cccc(C)c2)c1.Cc1cccc(C)c1. The Morgan fingerprint density at radius 2 is 0.680 bits per heavy atom. The highest BCUT2D eigenvalue weighted by molar-refractivity contribution is 5.64. The quantitative estimate of drug-likeness (QED) is 0.420. The smallest absolute Gasteiger partial charge is 0.0181 e. The molecule has 0 radical (unpaired) electrons. The van der Waals surface area contributed by atoms with Crippen molar-refractivity contribution in [3.63, 3.8) is 0 Å². The minimum Gasteiger partial charge on any atom is -0.0776 e. The van der Waals surface area contributed by atoms with Crippen molar-refractivity contribution in [1.82, 2.24) is 0 Å². The molecule has 0 heterocycles. The minimum atomic E-state index is 0. The number of aryl methyl sites for hydroxylation is 4. The molecular weight excluding hydrogens is 300 g/mol. The van der Waals surface area contributed by atoms with E-state index >= 15 is 0 Å². The number of hydrogen-bond donors (Lipinski definition) is 0. The molecule has 3 rings (SSSR count). The number of benzene rings is 3. The molecule has 3 aromatic carbocycles. The molecule has 0 aliphatic carbocycles. The van der Waals surface area contributed by atoms with E-state index in [2.05, 4.69) is 100 Å². The van der Waals surface area contributed by atoms with E-state index in [1.54, 1.807) is 0 Å². The monoisotopic (exact) mass is 336 g/mol. The van der Waals surface area contributed by atoms with E-state index in [0.29, 0.717) is 0 Å². The third-order valence-corrected chi connectivity index (χ3v) is 3.54. The third-order valence-electron chi connectivity index (χ3n) is 3.54. The molecule has 136 valence electrons. The molecule has 0 amide bonds. The number of rotatable bonds is 1. The minimum absolute atomic E-state index is 0. The van der Waals surface area contributed by atoms with Gasteiger partial charge in [0.1, 0.15) is 0 Å². The van der Waals surface area contributed by atoms with Crippen LogP contribution in [0.1, 0.15) is 44.5 Å². The van der Waals surface area contributed by atoms with Gasteiger partial charge in [-0.05, 0) is 38.8 Å². The molecule has 0 fully saturated rings. The summed E-state index contributed by atoms with van der Waals surface area (Å²) in [6.07, 6.45) is 0. The standard InChI is InChI=1S/C14H14.C8H10.3CH4/c1-11-5-3-7-13(9-11)14-8-4-6-12(2)10-14;1-7-4-3-5-8(2)6-7;;;/h3-10H,1-2H3;3-6H,1-2H3;3*1H4. The molecule has 0 saturated carbocycles. The van der Waals surface area contributed by atoms with Gasteiger partial charge < -0.3 is 0 Å². The Labute approximate surface area is 156 Å². The van der Waals surface area contributed by atoms with Gasteiger partial charge in [-0.3, -0.25) is 0 Å². The van der Waals surface area contributed by atoms with Crippen molar-refractivity contribution >= 4 is 0 Å². The van der Waals surface area contributed by atoms with Crippen LogP contribution in [0, 0.1) is 27.7 Å². The lowest BCUT2D eigenvalue weighted by Crippen LogP contribution is -1.80. The van der Waals surface area contributed by atoms with Gasteiger partial charge >= 0.3 is 0 Å². The topological polar surface area (TPSA) is 0 Å². The van der Waals surface area contributed by atoms with E-state index in [9.17, 15) is 0 Å². The molecule has 0 aliphatic rings. The molecule has 0 unspecified atom stereocenters. The maximum absolute atomic E-state index is 2.22. The first-order valence-corrected chi connectivity index (χ1v) is 7.71. The second-order valence-corrected chi connectivity index (χ2v) is 5.90. The largest absolute Gasteiger partial charge is 0.0776 e. The van der Waals surface area contributed by atoms with Crippen molar-refractivity contribution in [3.05, 3.63) is 95.1 Å². The van der Waals surface area contributed by atoms with Crippen molar-refractivity contribution in [1.29, 1.82) is 0 Å².